The fourth-order valence-electron chi connectivity index (χ4n) is 2.44. The Bertz CT molecular complexity index is 546. The number of halogens is 1. The van der Waals surface area contributed by atoms with E-state index < -0.39 is 0 Å². The average molecular weight is 311 g/mol. The number of carbonyl (C=O) groups is 1. The Morgan fingerprint density at radius 3 is 2.90 bits per heavy atom. The number of nitrogens with one attached hydrogen (secondary N) is 1. The zero-order valence-electron chi connectivity index (χ0n) is 11.7. The maximum absolute atomic E-state index is 12.0. The number of hydrogen-bond acceptors (Lipinski definition) is 4. The summed E-state index contributed by atoms with van der Waals surface area (Å²) in [5.41, 5.74) is 6.77. The summed E-state index contributed by atoms with van der Waals surface area (Å²) in [6, 6.07) is 3.62. The van der Waals surface area contributed by atoms with E-state index in [1.165, 1.54) is 12.8 Å². The summed E-state index contributed by atoms with van der Waals surface area (Å²) in [4.78, 5) is 12.0. The lowest BCUT2D eigenvalue weighted by Gasteiger charge is -2.20. The normalized spacial score (nSPS) is 18.2. The number of benzene rings is 1. The molecule has 5 nitrogen and oxygen atoms in total. The van der Waals surface area contributed by atoms with Crippen molar-refractivity contribution in [2.75, 3.05) is 19.8 Å². The first-order valence-corrected chi connectivity index (χ1v) is 7.61. The Balaban J connectivity index is 1.59. The first-order chi connectivity index (χ1) is 10.1. The molecule has 1 unspecified atom stereocenters. The van der Waals surface area contributed by atoms with Gasteiger partial charge in [0.1, 0.15) is 13.2 Å². The van der Waals surface area contributed by atoms with Crippen molar-refractivity contribution in [3.8, 4) is 11.5 Å². The summed E-state index contributed by atoms with van der Waals surface area (Å²) >= 11 is 6.15. The van der Waals surface area contributed by atoms with Gasteiger partial charge in [0.25, 0.3) is 0 Å². The topological polar surface area (TPSA) is 73.6 Å². The van der Waals surface area contributed by atoms with Crippen molar-refractivity contribution in [3.63, 3.8) is 0 Å². The van der Waals surface area contributed by atoms with E-state index in [2.05, 4.69) is 5.32 Å². The summed E-state index contributed by atoms with van der Waals surface area (Å²) in [5.74, 6) is 1.68. The van der Waals surface area contributed by atoms with Crippen molar-refractivity contribution in [1.29, 1.82) is 0 Å². The molecule has 1 saturated carbocycles. The van der Waals surface area contributed by atoms with Gasteiger partial charge in [-0.25, -0.2) is 0 Å². The minimum atomic E-state index is -0.0566. The van der Waals surface area contributed by atoms with Crippen LogP contribution in [0.5, 0.6) is 11.5 Å². The number of fused-ring (bicyclic) bond motifs is 1. The van der Waals surface area contributed by atoms with Gasteiger partial charge in [-0.05, 0) is 36.5 Å². The van der Waals surface area contributed by atoms with E-state index in [1.54, 1.807) is 12.1 Å². The zero-order valence-corrected chi connectivity index (χ0v) is 12.5. The minimum Gasteiger partial charge on any atom is -0.486 e. The molecule has 1 aliphatic heterocycles. The van der Waals surface area contributed by atoms with Gasteiger partial charge in [0.2, 0.25) is 5.91 Å². The van der Waals surface area contributed by atoms with Crippen molar-refractivity contribution in [1.82, 2.24) is 5.32 Å². The van der Waals surface area contributed by atoms with E-state index in [4.69, 9.17) is 26.8 Å². The number of nitrogens with two attached hydrogens (primary N) is 1. The van der Waals surface area contributed by atoms with E-state index in [1.807, 2.05) is 0 Å². The number of hydrogen-bond donors (Lipinski definition) is 2. The highest BCUT2D eigenvalue weighted by atomic mass is 35.5. The van der Waals surface area contributed by atoms with Crippen LogP contribution in [0.1, 0.15) is 18.4 Å². The summed E-state index contributed by atoms with van der Waals surface area (Å²) in [6.45, 7) is 1.52. The van der Waals surface area contributed by atoms with Gasteiger partial charge in [-0.1, -0.05) is 11.6 Å². The molecule has 0 aromatic heterocycles. The van der Waals surface area contributed by atoms with Crippen LogP contribution in [0, 0.1) is 5.92 Å². The van der Waals surface area contributed by atoms with Crippen LogP contribution in [-0.2, 0) is 11.2 Å². The summed E-state index contributed by atoms with van der Waals surface area (Å²) < 4.78 is 11.0. The Morgan fingerprint density at radius 1 is 1.38 bits per heavy atom. The summed E-state index contributed by atoms with van der Waals surface area (Å²) in [6.07, 6.45) is 2.61. The number of rotatable bonds is 5. The Labute approximate surface area is 128 Å². The van der Waals surface area contributed by atoms with Gasteiger partial charge in [-0.3, -0.25) is 4.79 Å². The zero-order chi connectivity index (χ0) is 14.8. The maximum Gasteiger partial charge on any atom is 0.224 e. The molecule has 0 bridgehead atoms. The van der Waals surface area contributed by atoms with Gasteiger partial charge in [0.15, 0.2) is 11.5 Å². The molecule has 2 aliphatic rings. The lowest BCUT2D eigenvalue weighted by Crippen LogP contribution is -2.39. The predicted octanol–water partition coefficient (Wildman–Crippen LogP) is 1.51. The molecule has 0 spiro atoms. The number of ether oxygens (including phenoxy) is 2. The van der Waals surface area contributed by atoms with Crippen molar-refractivity contribution >= 4 is 17.5 Å². The molecule has 3 rings (SSSR count). The van der Waals surface area contributed by atoms with Crippen molar-refractivity contribution in [3.05, 3.63) is 22.7 Å². The quantitative estimate of drug-likeness (QED) is 0.864. The highest BCUT2D eigenvalue weighted by Gasteiger charge is 2.28. The van der Waals surface area contributed by atoms with Crippen LogP contribution >= 0.6 is 11.6 Å². The molecule has 114 valence electrons. The molecule has 0 saturated heterocycles. The molecule has 1 aromatic rings. The lowest BCUT2D eigenvalue weighted by molar-refractivity contribution is -0.120. The smallest absolute Gasteiger partial charge is 0.224 e. The molecule has 1 aromatic carbocycles. The summed E-state index contributed by atoms with van der Waals surface area (Å²) in [7, 11) is 0. The van der Waals surface area contributed by atoms with E-state index in [0.29, 0.717) is 42.2 Å². The van der Waals surface area contributed by atoms with Crippen LogP contribution in [0.25, 0.3) is 0 Å². The van der Waals surface area contributed by atoms with E-state index in [-0.39, 0.29) is 18.4 Å². The molecule has 1 atom stereocenters. The van der Waals surface area contributed by atoms with Gasteiger partial charge in [-0.2, -0.15) is 0 Å². The van der Waals surface area contributed by atoms with Gasteiger partial charge in [0, 0.05) is 12.6 Å². The lowest BCUT2D eigenvalue weighted by atomic mass is 10.1. The van der Waals surface area contributed by atoms with Gasteiger partial charge in [-0.15, -0.1) is 0 Å². The Morgan fingerprint density at radius 2 is 2.14 bits per heavy atom. The molecule has 6 heteroatoms. The van der Waals surface area contributed by atoms with Crippen molar-refractivity contribution < 1.29 is 14.3 Å². The second kappa shape index (κ2) is 6.12. The third-order valence-electron chi connectivity index (χ3n) is 3.78. The molecule has 0 radical (unpaired) electrons. The van der Waals surface area contributed by atoms with E-state index in [9.17, 15) is 4.79 Å². The highest BCUT2D eigenvalue weighted by Crippen LogP contribution is 2.38. The standard InChI is InChI=1S/C15H19ClN2O3/c16-11-5-9(6-13-15(11)21-4-3-20-13)7-14(19)18-8-12(17)10-1-2-10/h5-6,10,12H,1-4,7-8,17H2,(H,18,19). The number of carbonyl (C=O) groups excluding carboxylic acids is 1. The SMILES string of the molecule is NC(CNC(=O)Cc1cc(Cl)c2c(c1)OCCO2)C1CC1. The van der Waals surface area contributed by atoms with Crippen LogP contribution in [0.4, 0.5) is 0 Å². The maximum atomic E-state index is 12.0. The first kappa shape index (κ1) is 14.5. The van der Waals surface area contributed by atoms with Crippen molar-refractivity contribution in [2.24, 2.45) is 11.7 Å². The van der Waals surface area contributed by atoms with Crippen LogP contribution in [0.2, 0.25) is 5.02 Å². The Hall–Kier alpha value is -1.46. The molecule has 3 N–H and O–H groups in total. The van der Waals surface area contributed by atoms with Crippen LogP contribution in [-0.4, -0.2) is 31.7 Å². The molecular formula is C15H19ClN2O3. The average Bonchev–Trinajstić information content (AvgIpc) is 3.29. The molecule has 1 aliphatic carbocycles. The van der Waals surface area contributed by atoms with Crippen LogP contribution < -0.4 is 20.5 Å². The minimum absolute atomic E-state index is 0.0566. The van der Waals surface area contributed by atoms with Crippen LogP contribution in [0.3, 0.4) is 0 Å². The second-order valence-corrected chi connectivity index (χ2v) is 5.99. The predicted molar refractivity (Wildman–Crippen MR) is 79.9 cm³/mol. The highest BCUT2D eigenvalue weighted by molar-refractivity contribution is 6.32. The molecular weight excluding hydrogens is 292 g/mol. The monoisotopic (exact) mass is 310 g/mol. The third-order valence-corrected chi connectivity index (χ3v) is 4.06. The number of amides is 1. The largest absolute Gasteiger partial charge is 0.486 e. The molecule has 1 heterocycles. The Kier molecular flexibility index (Phi) is 4.22. The first-order valence-electron chi connectivity index (χ1n) is 7.24. The third kappa shape index (κ3) is 3.60. The second-order valence-electron chi connectivity index (χ2n) is 5.58. The van der Waals surface area contributed by atoms with E-state index in [0.717, 1.165) is 5.56 Å². The summed E-state index contributed by atoms with van der Waals surface area (Å²) in [5, 5.41) is 3.35. The van der Waals surface area contributed by atoms with E-state index >= 15 is 0 Å². The fourth-order valence-corrected chi connectivity index (χ4v) is 2.72. The van der Waals surface area contributed by atoms with Gasteiger partial charge >= 0.3 is 0 Å². The van der Waals surface area contributed by atoms with Crippen molar-refractivity contribution in [2.45, 2.75) is 25.3 Å². The molecule has 1 fully saturated rings. The van der Waals surface area contributed by atoms with Gasteiger partial charge in [0.05, 0.1) is 11.4 Å². The molecule has 21 heavy (non-hydrogen) atoms. The van der Waals surface area contributed by atoms with Crippen LogP contribution in [0.15, 0.2) is 12.1 Å². The molecule has 1 amide bonds. The fraction of sp³-hybridized carbons (Fsp3) is 0.533. The van der Waals surface area contributed by atoms with Gasteiger partial charge < -0.3 is 20.5 Å².